The molecule has 4 atom stereocenters. The topological polar surface area (TPSA) is 23.5 Å². The highest BCUT2D eigenvalue weighted by atomic mass is 16.3. The lowest BCUT2D eigenvalue weighted by molar-refractivity contribution is 0.160. The molecule has 13 heavy (non-hydrogen) atoms. The van der Waals surface area contributed by atoms with Gasteiger partial charge in [-0.25, -0.2) is 0 Å². The molecule has 0 radical (unpaired) electrons. The fraction of sp³-hybridized carbons (Fsp3) is 1.00. The zero-order chi connectivity index (χ0) is 9.42. The van der Waals surface area contributed by atoms with Crippen molar-refractivity contribution in [2.75, 3.05) is 13.1 Å². The Labute approximate surface area is 80.9 Å². The van der Waals surface area contributed by atoms with E-state index in [-0.39, 0.29) is 6.10 Å². The standard InChI is InChI=1S/C11H21NO/c1-8-6-12(7-9(8)2)10-3-4-11(13)5-10/h8-11,13H,3-7H2,1-2H3. The number of likely N-dealkylation sites (tertiary alicyclic amines) is 1. The monoisotopic (exact) mass is 183 g/mol. The minimum Gasteiger partial charge on any atom is -0.393 e. The highest BCUT2D eigenvalue weighted by Crippen LogP contribution is 2.31. The van der Waals surface area contributed by atoms with Crippen molar-refractivity contribution in [2.45, 2.75) is 45.3 Å². The average Bonchev–Trinajstić information content (AvgIpc) is 2.61. The molecule has 0 aromatic carbocycles. The first-order chi connectivity index (χ1) is 6.16. The molecule has 1 heterocycles. The molecule has 2 rings (SSSR count). The van der Waals surface area contributed by atoms with Gasteiger partial charge in [-0.05, 0) is 31.1 Å². The molecule has 1 aliphatic carbocycles. The highest BCUT2D eigenvalue weighted by molar-refractivity contribution is 4.88. The van der Waals surface area contributed by atoms with Crippen LogP contribution in [0.3, 0.4) is 0 Å². The van der Waals surface area contributed by atoms with Crippen LogP contribution in [-0.4, -0.2) is 35.2 Å². The lowest BCUT2D eigenvalue weighted by atomic mass is 10.0. The van der Waals surface area contributed by atoms with Crippen LogP contribution in [0.25, 0.3) is 0 Å². The molecule has 0 bridgehead atoms. The average molecular weight is 183 g/mol. The first kappa shape index (κ1) is 9.47. The molecule has 2 heteroatoms. The summed E-state index contributed by atoms with van der Waals surface area (Å²) in [6, 6.07) is 0.683. The molecule has 0 aromatic rings. The summed E-state index contributed by atoms with van der Waals surface area (Å²) in [5, 5.41) is 9.47. The third-order valence-corrected chi connectivity index (χ3v) is 3.91. The van der Waals surface area contributed by atoms with Crippen LogP contribution in [0.1, 0.15) is 33.1 Å². The molecule has 0 aromatic heterocycles. The van der Waals surface area contributed by atoms with Crippen molar-refractivity contribution in [3.63, 3.8) is 0 Å². The number of rotatable bonds is 1. The molecule has 1 saturated heterocycles. The van der Waals surface area contributed by atoms with Crippen LogP contribution in [0, 0.1) is 11.8 Å². The van der Waals surface area contributed by atoms with E-state index in [1.165, 1.54) is 19.5 Å². The van der Waals surface area contributed by atoms with Crippen LogP contribution < -0.4 is 0 Å². The van der Waals surface area contributed by atoms with Crippen LogP contribution in [0.15, 0.2) is 0 Å². The predicted molar refractivity (Wildman–Crippen MR) is 53.5 cm³/mol. The molecule has 76 valence electrons. The van der Waals surface area contributed by atoms with Crippen LogP contribution in [-0.2, 0) is 0 Å². The van der Waals surface area contributed by atoms with E-state index in [4.69, 9.17) is 0 Å². The predicted octanol–water partition coefficient (Wildman–Crippen LogP) is 1.49. The van der Waals surface area contributed by atoms with E-state index in [0.29, 0.717) is 6.04 Å². The number of hydrogen-bond donors (Lipinski definition) is 1. The first-order valence-electron chi connectivity index (χ1n) is 5.59. The third-order valence-electron chi connectivity index (χ3n) is 3.91. The number of aliphatic hydroxyl groups is 1. The molecule has 0 amide bonds. The molecule has 1 N–H and O–H groups in total. The second-order valence-corrected chi connectivity index (χ2v) is 5.03. The van der Waals surface area contributed by atoms with Gasteiger partial charge in [0.05, 0.1) is 6.10 Å². The number of aliphatic hydroxyl groups excluding tert-OH is 1. The highest BCUT2D eigenvalue weighted by Gasteiger charge is 2.34. The minimum atomic E-state index is -0.0174. The molecule has 4 unspecified atom stereocenters. The summed E-state index contributed by atoms with van der Waals surface area (Å²) in [6.07, 6.45) is 3.22. The van der Waals surface area contributed by atoms with Gasteiger partial charge in [0.25, 0.3) is 0 Å². The van der Waals surface area contributed by atoms with E-state index < -0.39 is 0 Å². The van der Waals surface area contributed by atoms with Crippen LogP contribution >= 0.6 is 0 Å². The van der Waals surface area contributed by atoms with E-state index in [9.17, 15) is 5.11 Å². The summed E-state index contributed by atoms with van der Waals surface area (Å²) in [6.45, 7) is 7.18. The van der Waals surface area contributed by atoms with Gasteiger partial charge in [-0.1, -0.05) is 13.8 Å². The molecule has 0 spiro atoms. The number of hydrogen-bond acceptors (Lipinski definition) is 2. The quantitative estimate of drug-likeness (QED) is 0.665. The molecular formula is C11H21NO. The Morgan fingerprint density at radius 1 is 1.08 bits per heavy atom. The Kier molecular flexibility index (Phi) is 2.61. The fourth-order valence-electron chi connectivity index (χ4n) is 2.74. The van der Waals surface area contributed by atoms with Crippen molar-refractivity contribution < 1.29 is 5.11 Å². The van der Waals surface area contributed by atoms with Gasteiger partial charge in [0.15, 0.2) is 0 Å². The van der Waals surface area contributed by atoms with Gasteiger partial charge in [0, 0.05) is 19.1 Å². The Morgan fingerprint density at radius 2 is 1.69 bits per heavy atom. The molecule has 2 aliphatic rings. The summed E-state index contributed by atoms with van der Waals surface area (Å²) >= 11 is 0. The van der Waals surface area contributed by atoms with E-state index >= 15 is 0 Å². The maximum absolute atomic E-state index is 9.47. The summed E-state index contributed by atoms with van der Waals surface area (Å²) in [5.74, 6) is 1.69. The maximum atomic E-state index is 9.47. The van der Waals surface area contributed by atoms with Crippen molar-refractivity contribution in [3.8, 4) is 0 Å². The van der Waals surface area contributed by atoms with Crippen molar-refractivity contribution in [1.29, 1.82) is 0 Å². The van der Waals surface area contributed by atoms with Crippen LogP contribution in [0.5, 0.6) is 0 Å². The largest absolute Gasteiger partial charge is 0.393 e. The molecular weight excluding hydrogens is 162 g/mol. The Hall–Kier alpha value is -0.0800. The van der Waals surface area contributed by atoms with Gasteiger partial charge in [-0.15, -0.1) is 0 Å². The normalized spacial score (nSPS) is 47.3. The van der Waals surface area contributed by atoms with E-state index in [1.807, 2.05) is 0 Å². The fourth-order valence-corrected chi connectivity index (χ4v) is 2.74. The Bertz CT molecular complexity index is 173. The lowest BCUT2D eigenvalue weighted by Gasteiger charge is -2.23. The van der Waals surface area contributed by atoms with Crippen LogP contribution in [0.4, 0.5) is 0 Å². The van der Waals surface area contributed by atoms with E-state index in [1.54, 1.807) is 0 Å². The van der Waals surface area contributed by atoms with Gasteiger partial charge in [-0.3, -0.25) is 4.90 Å². The van der Waals surface area contributed by atoms with Gasteiger partial charge in [0.1, 0.15) is 0 Å². The van der Waals surface area contributed by atoms with Gasteiger partial charge >= 0.3 is 0 Å². The SMILES string of the molecule is CC1CN(C2CCC(O)C2)CC1C. The summed E-state index contributed by atoms with van der Waals surface area (Å²) in [4.78, 5) is 2.59. The molecule has 2 nitrogen and oxygen atoms in total. The third kappa shape index (κ3) is 1.89. The van der Waals surface area contributed by atoms with Crippen molar-refractivity contribution in [2.24, 2.45) is 11.8 Å². The second kappa shape index (κ2) is 3.58. The maximum Gasteiger partial charge on any atom is 0.0555 e. The molecule has 2 fully saturated rings. The molecule has 1 aliphatic heterocycles. The zero-order valence-electron chi connectivity index (χ0n) is 8.74. The first-order valence-corrected chi connectivity index (χ1v) is 5.59. The van der Waals surface area contributed by atoms with Crippen LogP contribution in [0.2, 0.25) is 0 Å². The van der Waals surface area contributed by atoms with Gasteiger partial charge < -0.3 is 5.11 Å². The van der Waals surface area contributed by atoms with Crippen molar-refractivity contribution in [1.82, 2.24) is 4.90 Å². The lowest BCUT2D eigenvalue weighted by Crippen LogP contribution is -2.31. The minimum absolute atomic E-state index is 0.0174. The number of nitrogens with zero attached hydrogens (tertiary/aromatic N) is 1. The van der Waals surface area contributed by atoms with Gasteiger partial charge in [-0.2, -0.15) is 0 Å². The van der Waals surface area contributed by atoms with E-state index in [2.05, 4.69) is 18.7 Å². The summed E-state index contributed by atoms with van der Waals surface area (Å²) in [7, 11) is 0. The second-order valence-electron chi connectivity index (χ2n) is 5.03. The smallest absolute Gasteiger partial charge is 0.0555 e. The molecule has 1 saturated carbocycles. The zero-order valence-corrected chi connectivity index (χ0v) is 8.74. The van der Waals surface area contributed by atoms with Crippen molar-refractivity contribution >= 4 is 0 Å². The van der Waals surface area contributed by atoms with Crippen molar-refractivity contribution in [3.05, 3.63) is 0 Å². The van der Waals surface area contributed by atoms with Gasteiger partial charge in [0.2, 0.25) is 0 Å². The van der Waals surface area contributed by atoms with E-state index in [0.717, 1.165) is 24.7 Å². The summed E-state index contributed by atoms with van der Waals surface area (Å²) in [5.41, 5.74) is 0. The Balaban J connectivity index is 1.89. The summed E-state index contributed by atoms with van der Waals surface area (Å²) < 4.78 is 0. The Morgan fingerprint density at radius 3 is 2.15 bits per heavy atom.